The molecule has 0 aliphatic heterocycles. The zero-order valence-electron chi connectivity index (χ0n) is 12.0. The van der Waals surface area contributed by atoms with Crippen LogP contribution in [0, 0.1) is 0 Å². The van der Waals surface area contributed by atoms with E-state index in [4.69, 9.17) is 0 Å². The summed E-state index contributed by atoms with van der Waals surface area (Å²) in [4.78, 5) is 12.1. The number of carbonyl (C=O) groups excluding carboxylic acids is 1. The van der Waals surface area contributed by atoms with Crippen LogP contribution in [0.25, 0.3) is 6.08 Å². The van der Waals surface area contributed by atoms with Crippen molar-refractivity contribution >= 4 is 12.0 Å². The van der Waals surface area contributed by atoms with Crippen LogP contribution in [-0.2, 0) is 11.2 Å². The van der Waals surface area contributed by atoms with Gasteiger partial charge >= 0.3 is 0 Å². The summed E-state index contributed by atoms with van der Waals surface area (Å²) < 4.78 is 0. The number of hydrogen-bond donors (Lipinski definition) is 1. The monoisotopic (exact) mass is 277 g/mol. The normalized spacial score (nSPS) is 15.7. The van der Waals surface area contributed by atoms with E-state index in [1.165, 1.54) is 16.7 Å². The fraction of sp³-hybridized carbons (Fsp3) is 0.211. The van der Waals surface area contributed by atoms with Crippen LogP contribution in [0.1, 0.15) is 29.0 Å². The minimum absolute atomic E-state index is 0.122. The summed E-state index contributed by atoms with van der Waals surface area (Å²) in [7, 11) is 0. The first-order chi connectivity index (χ1) is 10.3. The van der Waals surface area contributed by atoms with Crippen molar-refractivity contribution in [2.75, 3.05) is 6.54 Å². The molecule has 0 aromatic heterocycles. The molecule has 0 saturated heterocycles. The van der Waals surface area contributed by atoms with Gasteiger partial charge in [-0.1, -0.05) is 66.7 Å². The number of amides is 1. The Morgan fingerprint density at radius 3 is 2.62 bits per heavy atom. The molecule has 1 N–H and O–H groups in total. The van der Waals surface area contributed by atoms with Crippen molar-refractivity contribution in [3.63, 3.8) is 0 Å². The molecule has 0 radical (unpaired) electrons. The average Bonchev–Trinajstić information content (AvgIpc) is 2.92. The maximum absolute atomic E-state index is 12.1. The predicted octanol–water partition coefficient (Wildman–Crippen LogP) is 3.55. The van der Waals surface area contributed by atoms with Gasteiger partial charge in [-0.15, -0.1) is 0 Å². The molecule has 1 unspecified atom stereocenters. The number of nitrogens with one attached hydrogen (secondary N) is 1. The highest BCUT2D eigenvalue weighted by Gasteiger charge is 2.19. The molecule has 1 atom stereocenters. The van der Waals surface area contributed by atoms with Crippen molar-refractivity contribution in [2.24, 2.45) is 0 Å². The van der Waals surface area contributed by atoms with Crippen LogP contribution in [0.4, 0.5) is 0 Å². The van der Waals surface area contributed by atoms with E-state index in [0.29, 0.717) is 13.0 Å². The molecule has 1 aliphatic rings. The Bertz CT molecular complexity index is 646. The molecule has 0 saturated carbocycles. The highest BCUT2D eigenvalue weighted by Crippen LogP contribution is 2.31. The summed E-state index contributed by atoms with van der Waals surface area (Å²) in [6.07, 6.45) is 5.64. The van der Waals surface area contributed by atoms with Gasteiger partial charge in [0.1, 0.15) is 0 Å². The van der Waals surface area contributed by atoms with Gasteiger partial charge in [0, 0.05) is 18.9 Å². The van der Waals surface area contributed by atoms with Gasteiger partial charge < -0.3 is 5.32 Å². The maximum atomic E-state index is 12.1. The summed E-state index contributed by atoms with van der Waals surface area (Å²) in [6, 6.07) is 18.5. The van der Waals surface area contributed by atoms with E-state index in [9.17, 15) is 4.79 Å². The van der Waals surface area contributed by atoms with E-state index in [1.807, 2.05) is 30.3 Å². The molecule has 0 spiro atoms. The summed E-state index contributed by atoms with van der Waals surface area (Å²) in [5.41, 5.74) is 3.75. The van der Waals surface area contributed by atoms with Crippen LogP contribution in [0.5, 0.6) is 0 Å². The van der Waals surface area contributed by atoms with E-state index in [0.717, 1.165) is 6.42 Å². The van der Waals surface area contributed by atoms with Crippen LogP contribution >= 0.6 is 0 Å². The lowest BCUT2D eigenvalue weighted by Gasteiger charge is -2.11. The van der Waals surface area contributed by atoms with Crippen LogP contribution in [0.15, 0.2) is 60.7 Å². The van der Waals surface area contributed by atoms with Crippen molar-refractivity contribution < 1.29 is 4.79 Å². The Labute approximate surface area is 125 Å². The van der Waals surface area contributed by atoms with E-state index >= 15 is 0 Å². The topological polar surface area (TPSA) is 29.1 Å². The molecular weight excluding hydrogens is 258 g/mol. The average molecular weight is 277 g/mol. The lowest BCUT2D eigenvalue weighted by Crippen LogP contribution is -2.26. The molecular formula is C19H19NO. The second-order valence-corrected chi connectivity index (χ2v) is 5.38. The van der Waals surface area contributed by atoms with Crippen molar-refractivity contribution in [1.29, 1.82) is 0 Å². The van der Waals surface area contributed by atoms with E-state index in [2.05, 4.69) is 41.7 Å². The Kier molecular flexibility index (Phi) is 4.15. The molecule has 0 fully saturated rings. The molecule has 21 heavy (non-hydrogen) atoms. The fourth-order valence-electron chi connectivity index (χ4n) is 2.76. The van der Waals surface area contributed by atoms with Crippen molar-refractivity contribution in [3.8, 4) is 0 Å². The van der Waals surface area contributed by atoms with Crippen molar-refractivity contribution in [2.45, 2.75) is 18.8 Å². The number of rotatable bonds is 5. The van der Waals surface area contributed by atoms with Gasteiger partial charge in [0.05, 0.1) is 0 Å². The lowest BCUT2D eigenvalue weighted by molar-refractivity contribution is -0.121. The van der Waals surface area contributed by atoms with Crippen LogP contribution in [0.3, 0.4) is 0 Å². The number of fused-ring (bicyclic) bond motifs is 1. The van der Waals surface area contributed by atoms with E-state index in [-0.39, 0.29) is 11.8 Å². The molecule has 2 nitrogen and oxygen atoms in total. The van der Waals surface area contributed by atoms with Gasteiger partial charge in [0.15, 0.2) is 0 Å². The van der Waals surface area contributed by atoms with E-state index in [1.54, 1.807) is 0 Å². The summed E-state index contributed by atoms with van der Waals surface area (Å²) in [5, 5.41) is 3.02. The molecule has 3 rings (SSSR count). The number of allylic oxidation sites excluding steroid dienone is 1. The molecule has 2 aromatic carbocycles. The highest BCUT2D eigenvalue weighted by molar-refractivity contribution is 5.78. The van der Waals surface area contributed by atoms with Crippen LogP contribution in [-0.4, -0.2) is 12.5 Å². The molecule has 0 heterocycles. The SMILES string of the molecule is O=C(CC1C=Cc2ccccc21)NCCc1ccccc1. The van der Waals surface area contributed by atoms with Gasteiger partial charge in [0.2, 0.25) is 5.91 Å². The highest BCUT2D eigenvalue weighted by atomic mass is 16.1. The second-order valence-electron chi connectivity index (χ2n) is 5.38. The van der Waals surface area contributed by atoms with Crippen LogP contribution in [0.2, 0.25) is 0 Å². The van der Waals surface area contributed by atoms with Gasteiger partial charge in [-0.25, -0.2) is 0 Å². The smallest absolute Gasteiger partial charge is 0.220 e. The first kappa shape index (κ1) is 13.6. The Balaban J connectivity index is 1.48. The fourth-order valence-corrected chi connectivity index (χ4v) is 2.76. The zero-order chi connectivity index (χ0) is 14.5. The Morgan fingerprint density at radius 1 is 1.00 bits per heavy atom. The number of hydrogen-bond acceptors (Lipinski definition) is 1. The van der Waals surface area contributed by atoms with Gasteiger partial charge in [-0.3, -0.25) is 4.79 Å². The van der Waals surface area contributed by atoms with E-state index < -0.39 is 0 Å². The third-order valence-electron chi connectivity index (χ3n) is 3.89. The summed E-state index contributed by atoms with van der Waals surface area (Å²) in [5.74, 6) is 0.343. The Hall–Kier alpha value is -2.35. The molecule has 2 heteroatoms. The van der Waals surface area contributed by atoms with Crippen molar-refractivity contribution in [3.05, 3.63) is 77.4 Å². The maximum Gasteiger partial charge on any atom is 0.220 e. The minimum Gasteiger partial charge on any atom is -0.356 e. The standard InChI is InChI=1S/C19H19NO/c21-19(20-13-12-15-6-2-1-3-7-15)14-17-11-10-16-8-4-5-9-18(16)17/h1-11,17H,12-14H2,(H,20,21). The van der Waals surface area contributed by atoms with Crippen molar-refractivity contribution in [1.82, 2.24) is 5.32 Å². The molecule has 106 valence electrons. The largest absolute Gasteiger partial charge is 0.356 e. The Morgan fingerprint density at radius 2 is 1.76 bits per heavy atom. The van der Waals surface area contributed by atoms with Crippen LogP contribution < -0.4 is 5.32 Å². The second kappa shape index (κ2) is 6.40. The molecule has 2 aromatic rings. The van der Waals surface area contributed by atoms with Gasteiger partial charge in [-0.05, 0) is 23.1 Å². The zero-order valence-corrected chi connectivity index (χ0v) is 12.0. The summed E-state index contributed by atoms with van der Waals surface area (Å²) >= 11 is 0. The minimum atomic E-state index is 0.122. The molecule has 1 aliphatic carbocycles. The van der Waals surface area contributed by atoms with Gasteiger partial charge in [-0.2, -0.15) is 0 Å². The number of carbonyl (C=O) groups is 1. The molecule has 0 bridgehead atoms. The third-order valence-corrected chi connectivity index (χ3v) is 3.89. The predicted molar refractivity (Wildman–Crippen MR) is 86.0 cm³/mol. The first-order valence-electron chi connectivity index (χ1n) is 7.41. The molecule has 1 amide bonds. The third kappa shape index (κ3) is 3.40. The number of benzene rings is 2. The first-order valence-corrected chi connectivity index (χ1v) is 7.41. The summed E-state index contributed by atoms with van der Waals surface area (Å²) in [6.45, 7) is 0.695. The lowest BCUT2D eigenvalue weighted by atomic mass is 9.97. The quantitative estimate of drug-likeness (QED) is 0.889. The van der Waals surface area contributed by atoms with Gasteiger partial charge in [0.25, 0.3) is 0 Å².